The van der Waals surface area contributed by atoms with Gasteiger partial charge in [-0.2, -0.15) is 13.2 Å². The summed E-state index contributed by atoms with van der Waals surface area (Å²) in [7, 11) is -3.63. The number of nitrogens with zero attached hydrogens (tertiary/aromatic N) is 1. The second-order valence-corrected chi connectivity index (χ2v) is 9.63. The maximum Gasteiger partial charge on any atom is 0.416 e. The molecule has 1 heterocycles. The molecule has 0 fully saturated rings. The average Bonchev–Trinajstić information content (AvgIpc) is 2.83. The summed E-state index contributed by atoms with van der Waals surface area (Å²) in [6.45, 7) is -0.0592. The molecule has 0 aliphatic carbocycles. The van der Waals surface area contributed by atoms with Crippen LogP contribution in [0.4, 0.5) is 18.9 Å². The Morgan fingerprint density at radius 1 is 0.861 bits per heavy atom. The number of para-hydroxylation sites is 1. The largest absolute Gasteiger partial charge is 0.489 e. The predicted molar refractivity (Wildman–Crippen MR) is 130 cm³/mol. The molecule has 0 radical (unpaired) electrons. The van der Waals surface area contributed by atoms with Crippen LogP contribution in [0.1, 0.15) is 11.1 Å². The number of rotatable bonds is 8. The minimum Gasteiger partial charge on any atom is -0.489 e. The van der Waals surface area contributed by atoms with Crippen molar-refractivity contribution in [1.29, 1.82) is 0 Å². The zero-order valence-corrected chi connectivity index (χ0v) is 19.8. The van der Waals surface area contributed by atoms with Crippen molar-refractivity contribution in [1.82, 2.24) is 4.98 Å². The molecule has 0 aliphatic heterocycles. The van der Waals surface area contributed by atoms with Crippen molar-refractivity contribution < 1.29 is 31.1 Å². The fraction of sp³-hybridized carbons (Fsp3) is 0.115. The van der Waals surface area contributed by atoms with Crippen LogP contribution in [0.3, 0.4) is 0 Å². The Kier molecular flexibility index (Phi) is 7.16. The van der Waals surface area contributed by atoms with Gasteiger partial charge < -0.3 is 9.47 Å². The van der Waals surface area contributed by atoms with E-state index in [-0.39, 0.29) is 18.2 Å². The van der Waals surface area contributed by atoms with Gasteiger partial charge in [-0.05, 0) is 53.6 Å². The Morgan fingerprint density at radius 2 is 1.58 bits per heavy atom. The predicted octanol–water partition coefficient (Wildman–Crippen LogP) is 6.51. The van der Waals surface area contributed by atoms with E-state index in [1.54, 1.807) is 60.7 Å². The number of nitrogens with one attached hydrogen (secondary N) is 1. The number of aromatic nitrogens is 1. The monoisotopic (exact) mass is 514 g/mol. The standard InChI is InChI=1S/C26H21F3N2O4S/c1-36(32,33)31-24-15-20(16-30-25(24)35-22-10-3-2-4-11-22)19-8-6-12-23(14-19)34-17-18-7-5-9-21(13-18)26(27,28)29/h2-16,31H,17H2,1H3. The lowest BCUT2D eigenvalue weighted by Gasteiger charge is -2.14. The first-order valence-electron chi connectivity index (χ1n) is 10.7. The molecule has 1 aromatic heterocycles. The Bertz CT molecular complexity index is 1460. The van der Waals surface area contributed by atoms with E-state index in [1.165, 1.54) is 12.3 Å². The molecule has 36 heavy (non-hydrogen) atoms. The van der Waals surface area contributed by atoms with Gasteiger partial charge in [0.2, 0.25) is 15.9 Å². The molecule has 4 rings (SSSR count). The van der Waals surface area contributed by atoms with Crippen molar-refractivity contribution in [2.45, 2.75) is 12.8 Å². The van der Waals surface area contributed by atoms with E-state index < -0.39 is 21.8 Å². The quantitative estimate of drug-likeness (QED) is 0.290. The number of hydrogen-bond donors (Lipinski definition) is 1. The van der Waals surface area contributed by atoms with E-state index in [0.29, 0.717) is 28.2 Å². The molecule has 0 saturated carbocycles. The zero-order chi connectivity index (χ0) is 25.8. The number of ether oxygens (including phenoxy) is 2. The van der Waals surface area contributed by atoms with Gasteiger partial charge in [-0.15, -0.1) is 0 Å². The Labute approximate surface area is 206 Å². The highest BCUT2D eigenvalue weighted by molar-refractivity contribution is 7.92. The number of halogens is 3. The SMILES string of the molecule is CS(=O)(=O)Nc1cc(-c2cccc(OCc3cccc(C(F)(F)F)c3)c2)cnc1Oc1ccccc1. The highest BCUT2D eigenvalue weighted by atomic mass is 32.2. The third kappa shape index (κ3) is 6.76. The zero-order valence-electron chi connectivity index (χ0n) is 19.0. The topological polar surface area (TPSA) is 77.5 Å². The van der Waals surface area contributed by atoms with Gasteiger partial charge in [0.15, 0.2) is 0 Å². The van der Waals surface area contributed by atoms with E-state index in [0.717, 1.165) is 18.4 Å². The first kappa shape index (κ1) is 25.1. The van der Waals surface area contributed by atoms with Crippen LogP contribution in [-0.4, -0.2) is 19.7 Å². The van der Waals surface area contributed by atoms with Crippen LogP contribution in [0.2, 0.25) is 0 Å². The number of alkyl halides is 3. The van der Waals surface area contributed by atoms with Crippen LogP contribution in [0.15, 0.2) is 91.1 Å². The highest BCUT2D eigenvalue weighted by Crippen LogP contribution is 2.33. The molecule has 0 atom stereocenters. The normalized spacial score (nSPS) is 11.7. The van der Waals surface area contributed by atoms with Gasteiger partial charge in [0, 0.05) is 11.8 Å². The van der Waals surface area contributed by atoms with Crippen molar-refractivity contribution in [3.63, 3.8) is 0 Å². The van der Waals surface area contributed by atoms with E-state index >= 15 is 0 Å². The fourth-order valence-electron chi connectivity index (χ4n) is 3.33. The molecular weight excluding hydrogens is 493 g/mol. The molecule has 0 amide bonds. The Morgan fingerprint density at radius 3 is 2.31 bits per heavy atom. The lowest BCUT2D eigenvalue weighted by Crippen LogP contribution is -2.11. The molecule has 0 spiro atoms. The van der Waals surface area contributed by atoms with Crippen LogP contribution in [-0.2, 0) is 22.8 Å². The lowest BCUT2D eigenvalue weighted by atomic mass is 10.1. The fourth-order valence-corrected chi connectivity index (χ4v) is 3.88. The molecule has 186 valence electrons. The van der Waals surface area contributed by atoms with Gasteiger partial charge >= 0.3 is 6.18 Å². The maximum atomic E-state index is 13.0. The molecular formula is C26H21F3N2O4S. The maximum absolute atomic E-state index is 13.0. The summed E-state index contributed by atoms with van der Waals surface area (Å²) in [5.74, 6) is 0.985. The minimum atomic E-state index is -4.43. The van der Waals surface area contributed by atoms with Crippen molar-refractivity contribution in [3.05, 3.63) is 102 Å². The number of sulfonamides is 1. The van der Waals surface area contributed by atoms with Gasteiger partial charge in [-0.3, -0.25) is 4.72 Å². The minimum absolute atomic E-state index is 0.0592. The summed E-state index contributed by atoms with van der Waals surface area (Å²) in [6.07, 6.45) is -1.89. The molecule has 0 bridgehead atoms. The molecule has 1 N–H and O–H groups in total. The van der Waals surface area contributed by atoms with E-state index in [9.17, 15) is 21.6 Å². The summed E-state index contributed by atoms with van der Waals surface area (Å²) in [5, 5.41) is 0. The Hall–Kier alpha value is -4.05. The molecule has 4 aromatic rings. The third-order valence-electron chi connectivity index (χ3n) is 4.93. The summed E-state index contributed by atoms with van der Waals surface area (Å²) >= 11 is 0. The van der Waals surface area contributed by atoms with Crippen LogP contribution < -0.4 is 14.2 Å². The van der Waals surface area contributed by atoms with E-state index in [2.05, 4.69) is 9.71 Å². The lowest BCUT2D eigenvalue weighted by molar-refractivity contribution is -0.137. The highest BCUT2D eigenvalue weighted by Gasteiger charge is 2.30. The van der Waals surface area contributed by atoms with Gasteiger partial charge in [-0.25, -0.2) is 13.4 Å². The molecule has 0 aliphatic rings. The summed E-state index contributed by atoms with van der Waals surface area (Å²) in [5.41, 5.74) is 1.01. The molecule has 6 nitrogen and oxygen atoms in total. The number of pyridine rings is 1. The van der Waals surface area contributed by atoms with Crippen molar-refractivity contribution in [3.8, 4) is 28.5 Å². The van der Waals surface area contributed by atoms with Gasteiger partial charge in [0.05, 0.1) is 11.8 Å². The first-order chi connectivity index (χ1) is 17.1. The van der Waals surface area contributed by atoms with Gasteiger partial charge in [0.25, 0.3) is 0 Å². The molecule has 3 aromatic carbocycles. The van der Waals surface area contributed by atoms with Gasteiger partial charge in [-0.1, -0.05) is 42.5 Å². The van der Waals surface area contributed by atoms with Crippen molar-refractivity contribution in [2.75, 3.05) is 11.0 Å². The molecule has 10 heteroatoms. The smallest absolute Gasteiger partial charge is 0.416 e. The third-order valence-corrected chi connectivity index (χ3v) is 5.52. The summed E-state index contributed by atoms with van der Waals surface area (Å²) < 4.78 is 76.6. The van der Waals surface area contributed by atoms with Crippen LogP contribution in [0.5, 0.6) is 17.4 Å². The average molecular weight is 515 g/mol. The van der Waals surface area contributed by atoms with Crippen LogP contribution in [0.25, 0.3) is 11.1 Å². The number of benzene rings is 3. The van der Waals surface area contributed by atoms with Crippen molar-refractivity contribution in [2.24, 2.45) is 0 Å². The molecule has 0 saturated heterocycles. The number of hydrogen-bond acceptors (Lipinski definition) is 5. The Balaban J connectivity index is 1.57. The number of anilines is 1. The van der Waals surface area contributed by atoms with Crippen LogP contribution in [0, 0.1) is 0 Å². The van der Waals surface area contributed by atoms with Crippen LogP contribution >= 0.6 is 0 Å². The second kappa shape index (κ2) is 10.3. The second-order valence-electron chi connectivity index (χ2n) is 7.88. The molecule has 0 unspecified atom stereocenters. The van der Waals surface area contributed by atoms with Crippen molar-refractivity contribution >= 4 is 15.7 Å². The summed E-state index contributed by atoms with van der Waals surface area (Å²) in [6, 6.07) is 22.2. The van der Waals surface area contributed by atoms with E-state index in [1.807, 2.05) is 6.07 Å². The van der Waals surface area contributed by atoms with E-state index in [4.69, 9.17) is 9.47 Å². The first-order valence-corrected chi connectivity index (χ1v) is 12.6. The van der Waals surface area contributed by atoms with Gasteiger partial charge in [0.1, 0.15) is 23.8 Å². The summed E-state index contributed by atoms with van der Waals surface area (Å²) in [4.78, 5) is 4.29.